The maximum atomic E-state index is 12.6. The van der Waals surface area contributed by atoms with Crippen molar-refractivity contribution in [3.05, 3.63) is 59.2 Å². The van der Waals surface area contributed by atoms with Gasteiger partial charge in [0.1, 0.15) is 11.9 Å². The minimum Gasteiger partial charge on any atom is -0.488 e. The maximum Gasteiger partial charge on any atom is 0.255 e. The zero-order valence-corrected chi connectivity index (χ0v) is 17.3. The van der Waals surface area contributed by atoms with Crippen LogP contribution >= 0.6 is 12.4 Å². The molecule has 2 aromatic carbocycles. The highest BCUT2D eigenvalue weighted by molar-refractivity contribution is 6.04. The van der Waals surface area contributed by atoms with E-state index in [1.807, 2.05) is 36.4 Å². The molecule has 1 amide bonds. The van der Waals surface area contributed by atoms with Gasteiger partial charge in [-0.2, -0.15) is 0 Å². The lowest BCUT2D eigenvalue weighted by atomic mass is 9.95. The Hall–Kier alpha value is -2.08. The van der Waals surface area contributed by atoms with E-state index in [-0.39, 0.29) is 24.4 Å². The molecule has 4 rings (SSSR count). The molecule has 0 bridgehead atoms. The van der Waals surface area contributed by atoms with Crippen molar-refractivity contribution in [2.45, 2.75) is 50.7 Å². The lowest BCUT2D eigenvalue weighted by Crippen LogP contribution is -2.34. The standard InChI is InChI=1S/C23H28N2O3.ClH/c26-21-3-1-2-4-22(21)28-20-9-7-19(8-10-20)25-23(27)18-6-5-16-11-13-24-14-12-17(16)15-18;/h5-10,15,21-22,24,26H,1-4,11-14H2,(H,25,27);1H. The van der Waals surface area contributed by atoms with Crippen molar-refractivity contribution >= 4 is 24.0 Å². The van der Waals surface area contributed by atoms with Gasteiger partial charge in [-0.1, -0.05) is 12.5 Å². The number of hydrogen-bond acceptors (Lipinski definition) is 4. The molecule has 0 radical (unpaired) electrons. The first-order chi connectivity index (χ1) is 13.7. The van der Waals surface area contributed by atoms with Crippen LogP contribution in [0.2, 0.25) is 0 Å². The van der Waals surface area contributed by atoms with E-state index >= 15 is 0 Å². The molecule has 1 saturated carbocycles. The normalized spacial score (nSPS) is 21.3. The fourth-order valence-electron chi connectivity index (χ4n) is 4.02. The molecule has 29 heavy (non-hydrogen) atoms. The number of carbonyl (C=O) groups excluding carboxylic acids is 1. The second-order valence-electron chi connectivity index (χ2n) is 7.72. The summed E-state index contributed by atoms with van der Waals surface area (Å²) in [5.74, 6) is 0.623. The van der Waals surface area contributed by atoms with Crippen LogP contribution in [0, 0.1) is 0 Å². The van der Waals surface area contributed by atoms with Crippen molar-refractivity contribution in [2.24, 2.45) is 0 Å². The molecule has 2 aliphatic rings. The molecule has 0 aromatic heterocycles. The summed E-state index contributed by atoms with van der Waals surface area (Å²) in [6.45, 7) is 1.94. The highest BCUT2D eigenvalue weighted by atomic mass is 35.5. The summed E-state index contributed by atoms with van der Waals surface area (Å²) in [5, 5.41) is 16.4. The number of nitrogens with one attached hydrogen (secondary N) is 2. The van der Waals surface area contributed by atoms with Gasteiger partial charge in [0.2, 0.25) is 0 Å². The molecule has 1 aliphatic carbocycles. The zero-order chi connectivity index (χ0) is 19.3. The van der Waals surface area contributed by atoms with Gasteiger partial charge in [0, 0.05) is 11.3 Å². The van der Waals surface area contributed by atoms with E-state index in [9.17, 15) is 9.90 Å². The molecule has 156 valence electrons. The third-order valence-electron chi connectivity index (χ3n) is 5.68. The number of ether oxygens (including phenoxy) is 1. The number of carbonyl (C=O) groups is 1. The molecule has 3 N–H and O–H groups in total. The van der Waals surface area contributed by atoms with Gasteiger partial charge in [0.05, 0.1) is 6.10 Å². The van der Waals surface area contributed by atoms with Crippen molar-refractivity contribution in [3.8, 4) is 5.75 Å². The molecule has 1 heterocycles. The van der Waals surface area contributed by atoms with Gasteiger partial charge < -0.3 is 20.5 Å². The van der Waals surface area contributed by atoms with E-state index in [0.717, 1.165) is 63.1 Å². The topological polar surface area (TPSA) is 70.6 Å². The van der Waals surface area contributed by atoms with Crippen LogP contribution in [0.25, 0.3) is 0 Å². The Morgan fingerprint density at radius 3 is 2.48 bits per heavy atom. The summed E-state index contributed by atoms with van der Waals surface area (Å²) in [6.07, 6.45) is 5.27. The number of benzene rings is 2. The third kappa shape index (κ3) is 5.50. The van der Waals surface area contributed by atoms with Crippen molar-refractivity contribution in [1.82, 2.24) is 5.32 Å². The summed E-state index contributed by atoms with van der Waals surface area (Å²) in [4.78, 5) is 12.6. The van der Waals surface area contributed by atoms with Gasteiger partial charge >= 0.3 is 0 Å². The van der Waals surface area contributed by atoms with Gasteiger partial charge in [0.15, 0.2) is 0 Å². The molecular formula is C23H29ClN2O3. The number of anilines is 1. The van der Waals surface area contributed by atoms with Gasteiger partial charge in [-0.15, -0.1) is 12.4 Å². The Labute approximate surface area is 178 Å². The van der Waals surface area contributed by atoms with E-state index in [1.165, 1.54) is 11.1 Å². The molecule has 2 atom stereocenters. The number of rotatable bonds is 4. The first kappa shape index (κ1) is 21.6. The summed E-state index contributed by atoms with van der Waals surface area (Å²) in [5.41, 5.74) is 4.00. The lowest BCUT2D eigenvalue weighted by molar-refractivity contribution is 0.00688. The van der Waals surface area contributed by atoms with E-state index in [0.29, 0.717) is 5.56 Å². The number of amides is 1. The van der Waals surface area contributed by atoms with E-state index in [1.54, 1.807) is 0 Å². The monoisotopic (exact) mass is 416 g/mol. The fraction of sp³-hybridized carbons (Fsp3) is 0.435. The van der Waals surface area contributed by atoms with Crippen molar-refractivity contribution < 1.29 is 14.6 Å². The van der Waals surface area contributed by atoms with Gasteiger partial charge in [0.25, 0.3) is 5.91 Å². The van der Waals surface area contributed by atoms with E-state index < -0.39 is 6.10 Å². The summed E-state index contributed by atoms with van der Waals surface area (Å²) < 4.78 is 5.92. The van der Waals surface area contributed by atoms with Gasteiger partial charge in [-0.25, -0.2) is 0 Å². The molecule has 0 saturated heterocycles. The number of halogens is 1. The first-order valence-electron chi connectivity index (χ1n) is 10.3. The Morgan fingerprint density at radius 2 is 1.72 bits per heavy atom. The average molecular weight is 417 g/mol. The molecule has 0 spiro atoms. The molecule has 2 unspecified atom stereocenters. The largest absolute Gasteiger partial charge is 0.488 e. The Balaban J connectivity index is 0.00000240. The van der Waals surface area contributed by atoms with Crippen LogP contribution in [0.3, 0.4) is 0 Å². The maximum absolute atomic E-state index is 12.6. The Morgan fingerprint density at radius 1 is 1.00 bits per heavy atom. The third-order valence-corrected chi connectivity index (χ3v) is 5.68. The second kappa shape index (κ2) is 10.1. The number of fused-ring (bicyclic) bond motifs is 1. The summed E-state index contributed by atoms with van der Waals surface area (Å²) in [6, 6.07) is 13.4. The number of aliphatic hydroxyl groups excluding tert-OH is 1. The molecule has 5 nitrogen and oxygen atoms in total. The van der Waals surface area contributed by atoms with Crippen LogP contribution in [0.1, 0.15) is 47.2 Å². The van der Waals surface area contributed by atoms with E-state index in [2.05, 4.69) is 16.7 Å². The van der Waals surface area contributed by atoms with Crippen LogP contribution in [0.5, 0.6) is 5.75 Å². The molecule has 6 heteroatoms. The van der Waals surface area contributed by atoms with Crippen molar-refractivity contribution in [1.29, 1.82) is 0 Å². The van der Waals surface area contributed by atoms with Gasteiger partial charge in [-0.3, -0.25) is 4.79 Å². The van der Waals surface area contributed by atoms with Crippen LogP contribution in [0.4, 0.5) is 5.69 Å². The zero-order valence-electron chi connectivity index (χ0n) is 16.5. The molecule has 2 aromatic rings. The molecular weight excluding hydrogens is 388 g/mol. The SMILES string of the molecule is Cl.O=C(Nc1ccc(OC2CCCCC2O)cc1)c1ccc2c(c1)CCNCC2. The number of hydrogen-bond donors (Lipinski definition) is 3. The van der Waals surface area contributed by atoms with Crippen LogP contribution in [0.15, 0.2) is 42.5 Å². The van der Waals surface area contributed by atoms with E-state index in [4.69, 9.17) is 4.74 Å². The van der Waals surface area contributed by atoms with Crippen LogP contribution in [-0.4, -0.2) is 36.3 Å². The lowest BCUT2D eigenvalue weighted by Gasteiger charge is -2.28. The Kier molecular flexibility index (Phi) is 7.53. The number of aliphatic hydroxyl groups is 1. The first-order valence-corrected chi connectivity index (χ1v) is 10.3. The molecule has 1 aliphatic heterocycles. The summed E-state index contributed by atoms with van der Waals surface area (Å²) in [7, 11) is 0. The van der Waals surface area contributed by atoms with Crippen molar-refractivity contribution in [2.75, 3.05) is 18.4 Å². The predicted molar refractivity (Wildman–Crippen MR) is 117 cm³/mol. The van der Waals surface area contributed by atoms with Crippen LogP contribution < -0.4 is 15.4 Å². The minimum absolute atomic E-state index is 0. The highest BCUT2D eigenvalue weighted by Crippen LogP contribution is 2.25. The quantitative estimate of drug-likeness (QED) is 0.710. The highest BCUT2D eigenvalue weighted by Gasteiger charge is 2.24. The minimum atomic E-state index is -0.392. The smallest absolute Gasteiger partial charge is 0.255 e. The molecule has 1 fully saturated rings. The average Bonchev–Trinajstić information content (AvgIpc) is 2.96. The second-order valence-corrected chi connectivity index (χ2v) is 7.72. The Bertz CT molecular complexity index is 825. The predicted octanol–water partition coefficient (Wildman–Crippen LogP) is 3.73. The van der Waals surface area contributed by atoms with Crippen molar-refractivity contribution in [3.63, 3.8) is 0 Å². The van der Waals surface area contributed by atoms with Gasteiger partial charge in [-0.05, 0) is 92.7 Å². The van der Waals surface area contributed by atoms with Crippen LogP contribution in [-0.2, 0) is 12.8 Å². The summed E-state index contributed by atoms with van der Waals surface area (Å²) >= 11 is 0. The fourth-order valence-corrected chi connectivity index (χ4v) is 4.02.